The van der Waals surface area contributed by atoms with E-state index in [1.54, 1.807) is 18.3 Å². The Balaban J connectivity index is 2.16. The van der Waals surface area contributed by atoms with Gasteiger partial charge in [-0.25, -0.2) is 13.4 Å². The highest BCUT2D eigenvalue weighted by Gasteiger charge is 2.22. The SMILES string of the molecule is CS(=O)(=O)c1cccnc1N1CCN(CCN)CC1. The van der Waals surface area contributed by atoms with Gasteiger partial charge < -0.3 is 10.6 Å². The van der Waals surface area contributed by atoms with Crippen molar-refractivity contribution in [2.75, 3.05) is 50.4 Å². The minimum absolute atomic E-state index is 0.308. The second kappa shape index (κ2) is 5.85. The van der Waals surface area contributed by atoms with Gasteiger partial charge in [0.2, 0.25) is 0 Å². The number of nitrogens with two attached hydrogens (primary N) is 1. The number of pyridine rings is 1. The lowest BCUT2D eigenvalue weighted by molar-refractivity contribution is 0.264. The zero-order valence-corrected chi connectivity index (χ0v) is 11.9. The van der Waals surface area contributed by atoms with E-state index in [2.05, 4.69) is 9.88 Å². The average molecular weight is 284 g/mol. The molecule has 0 unspecified atom stereocenters. The summed E-state index contributed by atoms with van der Waals surface area (Å²) in [5, 5.41) is 0. The third-order valence-corrected chi connectivity index (χ3v) is 4.39. The standard InChI is InChI=1S/C12H20N4O2S/c1-19(17,18)11-3-2-5-14-12(11)16-9-7-15(6-4-13)8-10-16/h2-3,5H,4,6-10,13H2,1H3. The summed E-state index contributed by atoms with van der Waals surface area (Å²) < 4.78 is 23.5. The van der Waals surface area contributed by atoms with Gasteiger partial charge in [-0.3, -0.25) is 4.90 Å². The molecule has 2 heterocycles. The summed E-state index contributed by atoms with van der Waals surface area (Å²) in [4.78, 5) is 8.86. The van der Waals surface area contributed by atoms with Gasteiger partial charge in [0.15, 0.2) is 9.84 Å². The highest BCUT2D eigenvalue weighted by Crippen LogP contribution is 2.23. The molecule has 1 aromatic heterocycles. The molecule has 2 N–H and O–H groups in total. The fourth-order valence-electron chi connectivity index (χ4n) is 2.27. The Hall–Kier alpha value is -1.18. The van der Waals surface area contributed by atoms with Gasteiger partial charge in [-0.2, -0.15) is 0 Å². The van der Waals surface area contributed by atoms with Crippen LogP contribution in [0.2, 0.25) is 0 Å². The molecule has 0 amide bonds. The molecule has 0 atom stereocenters. The van der Waals surface area contributed by atoms with Gasteiger partial charge in [0.1, 0.15) is 10.7 Å². The van der Waals surface area contributed by atoms with E-state index in [9.17, 15) is 8.42 Å². The summed E-state index contributed by atoms with van der Waals surface area (Å²) in [6.07, 6.45) is 2.86. The number of hydrogen-bond acceptors (Lipinski definition) is 6. The first-order chi connectivity index (χ1) is 9.02. The lowest BCUT2D eigenvalue weighted by atomic mass is 10.3. The Morgan fingerprint density at radius 3 is 2.58 bits per heavy atom. The van der Waals surface area contributed by atoms with Crippen molar-refractivity contribution >= 4 is 15.7 Å². The van der Waals surface area contributed by atoms with E-state index in [1.807, 2.05) is 4.90 Å². The predicted octanol–water partition coefficient (Wildman–Crippen LogP) is -0.434. The minimum atomic E-state index is -3.24. The molecule has 1 aromatic rings. The van der Waals surface area contributed by atoms with Crippen molar-refractivity contribution in [3.63, 3.8) is 0 Å². The highest BCUT2D eigenvalue weighted by molar-refractivity contribution is 7.90. The zero-order valence-electron chi connectivity index (χ0n) is 11.1. The lowest BCUT2D eigenvalue weighted by Crippen LogP contribution is -2.48. The predicted molar refractivity (Wildman–Crippen MR) is 75.1 cm³/mol. The number of hydrogen-bond donors (Lipinski definition) is 1. The average Bonchev–Trinajstić information content (AvgIpc) is 2.39. The molecular formula is C12H20N4O2S. The third kappa shape index (κ3) is 3.43. The summed E-state index contributed by atoms with van der Waals surface area (Å²) in [6, 6.07) is 3.27. The monoisotopic (exact) mass is 284 g/mol. The van der Waals surface area contributed by atoms with Crippen LogP contribution in [-0.4, -0.2) is 63.8 Å². The Morgan fingerprint density at radius 2 is 2.00 bits per heavy atom. The Morgan fingerprint density at radius 1 is 1.32 bits per heavy atom. The maximum Gasteiger partial charge on any atom is 0.179 e. The number of rotatable bonds is 4. The van der Waals surface area contributed by atoms with Crippen molar-refractivity contribution in [2.45, 2.75) is 4.90 Å². The fourth-order valence-corrected chi connectivity index (χ4v) is 3.11. The van der Waals surface area contributed by atoms with Gasteiger partial charge >= 0.3 is 0 Å². The molecule has 0 bridgehead atoms. The Bertz CT molecular complexity index is 524. The highest BCUT2D eigenvalue weighted by atomic mass is 32.2. The van der Waals surface area contributed by atoms with E-state index in [1.165, 1.54) is 6.26 Å². The molecule has 1 aliphatic heterocycles. The van der Waals surface area contributed by atoms with E-state index in [0.29, 0.717) is 17.3 Å². The fraction of sp³-hybridized carbons (Fsp3) is 0.583. The molecular weight excluding hydrogens is 264 g/mol. The topological polar surface area (TPSA) is 79.5 Å². The molecule has 0 aliphatic carbocycles. The van der Waals surface area contributed by atoms with Crippen LogP contribution in [0.1, 0.15) is 0 Å². The molecule has 1 saturated heterocycles. The van der Waals surface area contributed by atoms with Crippen LogP contribution in [0.4, 0.5) is 5.82 Å². The van der Waals surface area contributed by atoms with Crippen LogP contribution in [0.25, 0.3) is 0 Å². The van der Waals surface area contributed by atoms with Crippen LogP contribution in [0, 0.1) is 0 Å². The van der Waals surface area contributed by atoms with Gasteiger partial charge in [0.05, 0.1) is 0 Å². The Kier molecular flexibility index (Phi) is 4.38. The number of piperazine rings is 1. The van der Waals surface area contributed by atoms with Gasteiger partial charge in [-0.05, 0) is 12.1 Å². The van der Waals surface area contributed by atoms with E-state index >= 15 is 0 Å². The smallest absolute Gasteiger partial charge is 0.179 e. The van der Waals surface area contributed by atoms with Crippen LogP contribution >= 0.6 is 0 Å². The molecule has 0 spiro atoms. The Labute approximate surface area is 114 Å². The molecule has 1 fully saturated rings. The maximum atomic E-state index is 11.8. The van der Waals surface area contributed by atoms with Crippen molar-refractivity contribution in [2.24, 2.45) is 5.73 Å². The second-order valence-corrected chi connectivity index (χ2v) is 6.70. The minimum Gasteiger partial charge on any atom is -0.353 e. The molecule has 106 valence electrons. The van der Waals surface area contributed by atoms with Crippen LogP contribution in [0.15, 0.2) is 23.2 Å². The summed E-state index contributed by atoms with van der Waals surface area (Å²) in [5.74, 6) is 0.567. The zero-order chi connectivity index (χ0) is 13.9. The molecule has 2 rings (SSSR count). The van der Waals surface area contributed by atoms with E-state index < -0.39 is 9.84 Å². The number of anilines is 1. The molecule has 0 radical (unpaired) electrons. The maximum absolute atomic E-state index is 11.8. The first-order valence-electron chi connectivity index (χ1n) is 6.35. The first-order valence-corrected chi connectivity index (χ1v) is 8.24. The first kappa shape index (κ1) is 14.2. The number of nitrogens with zero attached hydrogens (tertiary/aromatic N) is 3. The van der Waals surface area contributed by atoms with Gasteiger partial charge in [-0.15, -0.1) is 0 Å². The van der Waals surface area contributed by atoms with Gasteiger partial charge in [0.25, 0.3) is 0 Å². The summed E-state index contributed by atoms with van der Waals surface area (Å²) in [5.41, 5.74) is 5.54. The summed E-state index contributed by atoms with van der Waals surface area (Å²) >= 11 is 0. The number of sulfone groups is 1. The van der Waals surface area contributed by atoms with Crippen molar-refractivity contribution in [1.82, 2.24) is 9.88 Å². The van der Waals surface area contributed by atoms with E-state index in [0.717, 1.165) is 32.7 Å². The molecule has 1 aliphatic rings. The molecule has 19 heavy (non-hydrogen) atoms. The quantitative estimate of drug-likeness (QED) is 0.808. The van der Waals surface area contributed by atoms with Crippen LogP contribution in [0.5, 0.6) is 0 Å². The van der Waals surface area contributed by atoms with Crippen LogP contribution in [0.3, 0.4) is 0 Å². The summed E-state index contributed by atoms with van der Waals surface area (Å²) in [7, 11) is -3.24. The van der Waals surface area contributed by atoms with Crippen molar-refractivity contribution in [1.29, 1.82) is 0 Å². The van der Waals surface area contributed by atoms with Crippen LogP contribution in [-0.2, 0) is 9.84 Å². The summed E-state index contributed by atoms with van der Waals surface area (Å²) in [6.45, 7) is 4.86. The normalized spacial score (nSPS) is 17.7. The molecule has 0 saturated carbocycles. The van der Waals surface area contributed by atoms with Crippen molar-refractivity contribution in [3.05, 3.63) is 18.3 Å². The molecule has 7 heteroatoms. The van der Waals surface area contributed by atoms with Crippen molar-refractivity contribution in [3.8, 4) is 0 Å². The second-order valence-electron chi connectivity index (χ2n) is 4.71. The van der Waals surface area contributed by atoms with E-state index in [4.69, 9.17) is 5.73 Å². The van der Waals surface area contributed by atoms with Gasteiger partial charge in [-0.1, -0.05) is 0 Å². The lowest BCUT2D eigenvalue weighted by Gasteiger charge is -2.35. The van der Waals surface area contributed by atoms with E-state index in [-0.39, 0.29) is 0 Å². The van der Waals surface area contributed by atoms with Crippen molar-refractivity contribution < 1.29 is 8.42 Å². The number of aromatic nitrogens is 1. The molecule has 0 aromatic carbocycles. The molecule has 6 nitrogen and oxygen atoms in total. The van der Waals surface area contributed by atoms with Crippen LogP contribution < -0.4 is 10.6 Å². The van der Waals surface area contributed by atoms with Gasteiger partial charge in [0, 0.05) is 51.7 Å². The third-order valence-electron chi connectivity index (χ3n) is 3.27. The largest absolute Gasteiger partial charge is 0.353 e.